The van der Waals surface area contributed by atoms with Crippen LogP contribution >= 0.6 is 0 Å². The summed E-state index contributed by atoms with van der Waals surface area (Å²) in [4.78, 5) is 11.6. The highest BCUT2D eigenvalue weighted by Crippen LogP contribution is 2.20. The molecular formula is C15H24N2O3. The number of ether oxygens (including phenoxy) is 1. The first-order valence-corrected chi connectivity index (χ1v) is 6.70. The predicted octanol–water partition coefficient (Wildman–Crippen LogP) is 1.56. The minimum Gasteiger partial charge on any atom is -0.482 e. The normalized spacial score (nSPS) is 12.8. The number of para-hydroxylation sites is 2. The van der Waals surface area contributed by atoms with Gasteiger partial charge < -0.3 is 20.9 Å². The molecule has 1 aromatic rings. The molecule has 0 aliphatic heterocycles. The third kappa shape index (κ3) is 6.43. The van der Waals surface area contributed by atoms with Crippen LogP contribution in [0.1, 0.15) is 27.2 Å². The van der Waals surface area contributed by atoms with Crippen molar-refractivity contribution < 1.29 is 14.6 Å². The Morgan fingerprint density at radius 3 is 2.65 bits per heavy atom. The average Bonchev–Trinajstić information content (AvgIpc) is 2.33. The van der Waals surface area contributed by atoms with Crippen LogP contribution in [-0.4, -0.2) is 30.3 Å². The molecule has 1 rings (SSSR count). The smallest absolute Gasteiger partial charge is 0.258 e. The largest absolute Gasteiger partial charge is 0.482 e. The van der Waals surface area contributed by atoms with Crippen LogP contribution in [-0.2, 0) is 4.79 Å². The molecule has 0 saturated heterocycles. The van der Waals surface area contributed by atoms with Gasteiger partial charge in [-0.15, -0.1) is 0 Å². The molecule has 0 aromatic heterocycles. The monoisotopic (exact) mass is 280 g/mol. The van der Waals surface area contributed by atoms with E-state index < -0.39 is 6.10 Å². The second-order valence-corrected chi connectivity index (χ2v) is 6.05. The maximum Gasteiger partial charge on any atom is 0.258 e. The predicted molar refractivity (Wildman–Crippen MR) is 79.4 cm³/mol. The van der Waals surface area contributed by atoms with Crippen LogP contribution in [0.4, 0.5) is 5.69 Å². The van der Waals surface area contributed by atoms with Crippen LogP contribution in [0, 0.1) is 5.41 Å². The van der Waals surface area contributed by atoms with Crippen molar-refractivity contribution in [2.75, 3.05) is 18.9 Å². The minimum atomic E-state index is -0.555. The van der Waals surface area contributed by atoms with Gasteiger partial charge in [-0.2, -0.15) is 0 Å². The molecule has 0 aliphatic rings. The molecule has 0 aliphatic carbocycles. The number of anilines is 1. The van der Waals surface area contributed by atoms with Crippen molar-refractivity contribution >= 4 is 11.6 Å². The van der Waals surface area contributed by atoms with Gasteiger partial charge in [-0.1, -0.05) is 32.9 Å². The standard InChI is InChI=1S/C15H24N2O3/c1-15(2,3)8-11(18)9-17-14(19)10-20-13-7-5-4-6-12(13)16/h4-7,11,18H,8-10,16H2,1-3H3,(H,17,19). The number of rotatable bonds is 6. The molecule has 5 heteroatoms. The van der Waals surface area contributed by atoms with Gasteiger partial charge in [0.05, 0.1) is 11.8 Å². The molecule has 1 amide bonds. The van der Waals surface area contributed by atoms with Crippen molar-refractivity contribution in [2.45, 2.75) is 33.3 Å². The van der Waals surface area contributed by atoms with Gasteiger partial charge in [0.25, 0.3) is 5.91 Å². The summed E-state index contributed by atoms with van der Waals surface area (Å²) >= 11 is 0. The highest BCUT2D eigenvalue weighted by atomic mass is 16.5. The summed E-state index contributed by atoms with van der Waals surface area (Å²) in [6, 6.07) is 7.00. The number of aliphatic hydroxyl groups excluding tert-OH is 1. The molecular weight excluding hydrogens is 256 g/mol. The highest BCUT2D eigenvalue weighted by Gasteiger charge is 2.17. The van der Waals surface area contributed by atoms with Crippen molar-refractivity contribution in [1.29, 1.82) is 0 Å². The lowest BCUT2D eigenvalue weighted by atomic mass is 9.89. The number of nitrogens with one attached hydrogen (secondary N) is 1. The van der Waals surface area contributed by atoms with E-state index in [0.29, 0.717) is 17.9 Å². The lowest BCUT2D eigenvalue weighted by molar-refractivity contribution is -0.123. The third-order valence-electron chi connectivity index (χ3n) is 2.66. The zero-order chi connectivity index (χ0) is 15.2. The molecule has 112 valence electrons. The lowest BCUT2D eigenvalue weighted by Gasteiger charge is -2.22. The number of nitrogens with two attached hydrogens (primary N) is 1. The van der Waals surface area contributed by atoms with Gasteiger partial charge in [0.1, 0.15) is 5.75 Å². The minimum absolute atomic E-state index is 0.0269. The number of aliphatic hydroxyl groups is 1. The Morgan fingerprint density at radius 1 is 1.40 bits per heavy atom. The second-order valence-electron chi connectivity index (χ2n) is 6.05. The first-order valence-electron chi connectivity index (χ1n) is 6.70. The Kier molecular flexibility index (Phi) is 5.82. The molecule has 1 unspecified atom stereocenters. The van der Waals surface area contributed by atoms with Crippen LogP contribution in [0.15, 0.2) is 24.3 Å². The van der Waals surface area contributed by atoms with E-state index in [1.165, 1.54) is 0 Å². The molecule has 0 spiro atoms. The summed E-state index contributed by atoms with van der Waals surface area (Å²) in [5.74, 6) is 0.208. The number of hydrogen-bond donors (Lipinski definition) is 3. The summed E-state index contributed by atoms with van der Waals surface area (Å²) in [7, 11) is 0. The highest BCUT2D eigenvalue weighted by molar-refractivity contribution is 5.77. The van der Waals surface area contributed by atoms with E-state index in [0.717, 1.165) is 0 Å². The molecule has 0 heterocycles. The fraction of sp³-hybridized carbons (Fsp3) is 0.533. The van der Waals surface area contributed by atoms with Gasteiger partial charge in [-0.25, -0.2) is 0 Å². The SMILES string of the molecule is CC(C)(C)CC(O)CNC(=O)COc1ccccc1N. The van der Waals surface area contributed by atoms with Gasteiger partial charge in [0, 0.05) is 6.54 Å². The quantitative estimate of drug-likeness (QED) is 0.690. The van der Waals surface area contributed by atoms with Crippen LogP contribution in [0.25, 0.3) is 0 Å². The summed E-state index contributed by atoms with van der Waals surface area (Å²) in [6.45, 7) is 6.23. The zero-order valence-corrected chi connectivity index (χ0v) is 12.3. The maximum absolute atomic E-state index is 11.6. The van der Waals surface area contributed by atoms with Crippen LogP contribution in [0.2, 0.25) is 0 Å². The third-order valence-corrected chi connectivity index (χ3v) is 2.66. The van der Waals surface area contributed by atoms with Crippen molar-refractivity contribution in [1.82, 2.24) is 5.32 Å². The van der Waals surface area contributed by atoms with Crippen molar-refractivity contribution in [3.05, 3.63) is 24.3 Å². The number of hydrogen-bond acceptors (Lipinski definition) is 4. The number of amides is 1. The van der Waals surface area contributed by atoms with Gasteiger partial charge in [-0.3, -0.25) is 4.79 Å². The van der Waals surface area contributed by atoms with E-state index in [1.807, 2.05) is 20.8 Å². The fourth-order valence-electron chi connectivity index (χ4n) is 1.82. The molecule has 0 radical (unpaired) electrons. The van der Waals surface area contributed by atoms with Gasteiger partial charge in [0.2, 0.25) is 0 Å². The lowest BCUT2D eigenvalue weighted by Crippen LogP contribution is -2.36. The van der Waals surface area contributed by atoms with Crippen LogP contribution in [0.3, 0.4) is 0 Å². The van der Waals surface area contributed by atoms with Crippen LogP contribution in [0.5, 0.6) is 5.75 Å². The number of carbonyl (C=O) groups excluding carboxylic acids is 1. The van der Waals surface area contributed by atoms with Crippen molar-refractivity contribution in [2.24, 2.45) is 5.41 Å². The summed E-state index contributed by atoms with van der Waals surface area (Å²) < 4.78 is 5.31. The molecule has 4 N–H and O–H groups in total. The van der Waals surface area contributed by atoms with Crippen molar-refractivity contribution in [3.8, 4) is 5.75 Å². The van der Waals surface area contributed by atoms with E-state index in [-0.39, 0.29) is 24.5 Å². The van der Waals surface area contributed by atoms with E-state index in [9.17, 15) is 9.90 Å². The van der Waals surface area contributed by atoms with E-state index >= 15 is 0 Å². The molecule has 0 saturated carbocycles. The molecule has 1 aromatic carbocycles. The van der Waals surface area contributed by atoms with E-state index in [1.54, 1.807) is 24.3 Å². The van der Waals surface area contributed by atoms with Gasteiger partial charge >= 0.3 is 0 Å². The Balaban J connectivity index is 2.29. The van der Waals surface area contributed by atoms with Crippen molar-refractivity contribution in [3.63, 3.8) is 0 Å². The molecule has 0 fully saturated rings. The molecule has 0 bridgehead atoms. The van der Waals surface area contributed by atoms with E-state index in [2.05, 4.69) is 5.32 Å². The Morgan fingerprint density at radius 2 is 2.05 bits per heavy atom. The molecule has 5 nitrogen and oxygen atoms in total. The Bertz CT molecular complexity index is 441. The van der Waals surface area contributed by atoms with E-state index in [4.69, 9.17) is 10.5 Å². The summed E-state index contributed by atoms with van der Waals surface area (Å²) in [5.41, 5.74) is 6.22. The number of nitrogen functional groups attached to an aromatic ring is 1. The summed E-state index contributed by atoms with van der Waals surface area (Å²) in [6.07, 6.45) is 0.0699. The fourth-order valence-corrected chi connectivity index (χ4v) is 1.82. The zero-order valence-electron chi connectivity index (χ0n) is 12.3. The number of benzene rings is 1. The summed E-state index contributed by atoms with van der Waals surface area (Å²) in [5, 5.41) is 12.4. The molecule has 1 atom stereocenters. The first-order chi connectivity index (χ1) is 9.28. The van der Waals surface area contributed by atoms with Gasteiger partial charge in [-0.05, 0) is 24.0 Å². The molecule has 20 heavy (non-hydrogen) atoms. The average molecular weight is 280 g/mol. The Hall–Kier alpha value is -1.75. The van der Waals surface area contributed by atoms with Gasteiger partial charge in [0.15, 0.2) is 6.61 Å². The van der Waals surface area contributed by atoms with Crippen LogP contribution < -0.4 is 15.8 Å². The first kappa shape index (κ1) is 16.3. The Labute approximate surface area is 120 Å². The topological polar surface area (TPSA) is 84.6 Å². The second kappa shape index (κ2) is 7.14. The number of carbonyl (C=O) groups is 1. The maximum atomic E-state index is 11.6.